The summed E-state index contributed by atoms with van der Waals surface area (Å²) in [5.74, 6) is 0.756. The number of aliphatic imine (C=N–C) groups is 1. The van der Waals surface area contributed by atoms with Crippen molar-refractivity contribution in [1.82, 2.24) is 0 Å². The van der Waals surface area contributed by atoms with Crippen molar-refractivity contribution in [3.8, 4) is 5.75 Å². The fourth-order valence-corrected chi connectivity index (χ4v) is 6.45. The maximum absolute atomic E-state index is 13.7. The molecule has 1 N–H and O–H groups in total. The third-order valence-corrected chi connectivity index (χ3v) is 8.26. The second-order valence-electron chi connectivity index (χ2n) is 10.5. The highest BCUT2D eigenvalue weighted by molar-refractivity contribution is 7.16. The van der Waals surface area contributed by atoms with Gasteiger partial charge in [-0.15, -0.1) is 11.3 Å². The molecule has 1 aliphatic carbocycles. The van der Waals surface area contributed by atoms with Gasteiger partial charge in [-0.05, 0) is 111 Å². The van der Waals surface area contributed by atoms with E-state index in [1.807, 2.05) is 42.6 Å². The summed E-state index contributed by atoms with van der Waals surface area (Å²) in [6, 6.07) is 22.5. The minimum Gasteiger partial charge on any atom is -0.489 e. The molecule has 0 spiro atoms. The number of aryl methyl sites for hydroxylation is 4. The van der Waals surface area contributed by atoms with E-state index < -0.39 is 0 Å². The van der Waals surface area contributed by atoms with E-state index in [1.54, 1.807) is 11.3 Å². The standard InChI is InChI=1S/C34H36N2O2S/c1-23-9-8-10-27(18-23)22-38-29-15-13-26(14-16-29)21-35-34-32(30-11-6-4-5-7-12-31(30)39-34)33(37)36-28-19-24(2)17-25(3)20-28/h8-10,13-21H,4-7,11-12,22H2,1-3H3,(H,36,37). The van der Waals surface area contributed by atoms with Crippen LogP contribution in [0.1, 0.15) is 74.3 Å². The highest BCUT2D eigenvalue weighted by atomic mass is 32.1. The van der Waals surface area contributed by atoms with Crippen molar-refractivity contribution in [2.24, 2.45) is 4.99 Å². The van der Waals surface area contributed by atoms with Crippen molar-refractivity contribution in [3.63, 3.8) is 0 Å². The maximum atomic E-state index is 13.7. The lowest BCUT2D eigenvalue weighted by Gasteiger charge is -2.12. The molecule has 0 radical (unpaired) electrons. The monoisotopic (exact) mass is 536 g/mol. The minimum atomic E-state index is -0.0647. The molecule has 0 fully saturated rings. The van der Waals surface area contributed by atoms with E-state index in [4.69, 9.17) is 9.73 Å². The molecule has 0 unspecified atom stereocenters. The lowest BCUT2D eigenvalue weighted by Crippen LogP contribution is -2.14. The molecule has 0 atom stereocenters. The molecule has 5 rings (SSSR count). The SMILES string of the molecule is Cc1cccc(COc2ccc(C=Nc3sc4c(c3C(=O)Nc3cc(C)cc(C)c3)CCCCCC4)cc2)c1. The first-order chi connectivity index (χ1) is 18.9. The maximum Gasteiger partial charge on any atom is 0.259 e. The van der Waals surface area contributed by atoms with Crippen LogP contribution in [0.15, 0.2) is 71.7 Å². The number of benzene rings is 3. The molecular weight excluding hydrogens is 500 g/mol. The fourth-order valence-electron chi connectivity index (χ4n) is 5.22. The summed E-state index contributed by atoms with van der Waals surface area (Å²) in [5.41, 5.74) is 8.38. The van der Waals surface area contributed by atoms with Gasteiger partial charge in [-0.1, -0.05) is 48.7 Å². The van der Waals surface area contributed by atoms with Crippen LogP contribution in [0.5, 0.6) is 5.75 Å². The Kier molecular flexibility index (Phi) is 8.58. The van der Waals surface area contributed by atoms with Crippen LogP contribution in [0.2, 0.25) is 0 Å². The molecule has 4 aromatic rings. The molecule has 0 bridgehead atoms. The average Bonchev–Trinajstić information content (AvgIpc) is 3.22. The van der Waals surface area contributed by atoms with Crippen LogP contribution in [0.4, 0.5) is 10.7 Å². The average molecular weight is 537 g/mol. The van der Waals surface area contributed by atoms with Crippen molar-refractivity contribution >= 4 is 34.1 Å². The number of nitrogens with one attached hydrogen (secondary N) is 1. The third-order valence-electron chi connectivity index (χ3n) is 7.06. The van der Waals surface area contributed by atoms with E-state index in [0.717, 1.165) is 63.5 Å². The zero-order chi connectivity index (χ0) is 27.2. The van der Waals surface area contributed by atoms with Crippen LogP contribution < -0.4 is 10.1 Å². The number of anilines is 1. The lowest BCUT2D eigenvalue weighted by molar-refractivity contribution is 0.102. The van der Waals surface area contributed by atoms with Crippen LogP contribution >= 0.6 is 11.3 Å². The van der Waals surface area contributed by atoms with Crippen LogP contribution in [0, 0.1) is 20.8 Å². The van der Waals surface area contributed by atoms with E-state index in [-0.39, 0.29) is 5.91 Å². The number of hydrogen-bond acceptors (Lipinski definition) is 4. The van der Waals surface area contributed by atoms with Crippen LogP contribution in [0.25, 0.3) is 0 Å². The minimum absolute atomic E-state index is 0.0647. The molecule has 1 amide bonds. The number of nitrogens with zero attached hydrogens (tertiary/aromatic N) is 1. The molecule has 39 heavy (non-hydrogen) atoms. The van der Waals surface area contributed by atoms with Gasteiger partial charge in [-0.25, -0.2) is 4.99 Å². The summed E-state index contributed by atoms with van der Waals surface area (Å²) in [6.07, 6.45) is 8.55. The summed E-state index contributed by atoms with van der Waals surface area (Å²) in [7, 11) is 0. The van der Waals surface area contributed by atoms with E-state index >= 15 is 0 Å². The summed E-state index contributed by atoms with van der Waals surface area (Å²) in [6.45, 7) is 6.73. The van der Waals surface area contributed by atoms with Gasteiger partial charge in [-0.3, -0.25) is 4.79 Å². The van der Waals surface area contributed by atoms with Crippen molar-refractivity contribution in [2.75, 3.05) is 5.32 Å². The Labute approximate surface area is 235 Å². The smallest absolute Gasteiger partial charge is 0.259 e. The number of ether oxygens (including phenoxy) is 1. The molecule has 5 heteroatoms. The Hall–Kier alpha value is -3.70. The Morgan fingerprint density at radius 1 is 0.897 bits per heavy atom. The van der Waals surface area contributed by atoms with Gasteiger partial charge in [0.2, 0.25) is 0 Å². The van der Waals surface area contributed by atoms with Gasteiger partial charge in [0.1, 0.15) is 17.4 Å². The predicted molar refractivity (Wildman–Crippen MR) is 163 cm³/mol. The number of thiophene rings is 1. The van der Waals surface area contributed by atoms with Gasteiger partial charge < -0.3 is 10.1 Å². The number of carbonyl (C=O) groups excluding carboxylic acids is 1. The summed E-state index contributed by atoms with van der Waals surface area (Å²) in [5, 5.41) is 3.96. The second kappa shape index (κ2) is 12.4. The molecule has 1 aliphatic rings. The van der Waals surface area contributed by atoms with Crippen molar-refractivity contribution in [3.05, 3.63) is 111 Å². The van der Waals surface area contributed by atoms with E-state index in [2.05, 4.69) is 56.4 Å². The highest BCUT2D eigenvalue weighted by Gasteiger charge is 2.24. The Balaban J connectivity index is 1.36. The van der Waals surface area contributed by atoms with Gasteiger partial charge in [0.05, 0.1) is 5.56 Å². The second-order valence-corrected chi connectivity index (χ2v) is 11.6. The quantitative estimate of drug-likeness (QED) is 0.240. The highest BCUT2D eigenvalue weighted by Crippen LogP contribution is 2.39. The molecular formula is C34H36N2O2S. The summed E-state index contributed by atoms with van der Waals surface area (Å²) < 4.78 is 5.97. The number of fused-ring (bicyclic) bond motifs is 1. The topological polar surface area (TPSA) is 50.7 Å². The molecule has 200 valence electrons. The van der Waals surface area contributed by atoms with E-state index in [0.29, 0.717) is 6.61 Å². The molecule has 3 aromatic carbocycles. The molecule has 1 aromatic heterocycles. The van der Waals surface area contributed by atoms with Crippen molar-refractivity contribution < 1.29 is 9.53 Å². The van der Waals surface area contributed by atoms with Gasteiger partial charge in [-0.2, -0.15) is 0 Å². The Bertz CT molecular complexity index is 1460. The number of amides is 1. The van der Waals surface area contributed by atoms with Crippen LogP contribution in [-0.2, 0) is 19.4 Å². The van der Waals surface area contributed by atoms with Gasteiger partial charge in [0, 0.05) is 16.8 Å². The zero-order valence-corrected chi connectivity index (χ0v) is 23.9. The molecule has 1 heterocycles. The summed E-state index contributed by atoms with van der Waals surface area (Å²) in [4.78, 5) is 19.8. The van der Waals surface area contributed by atoms with Gasteiger partial charge in [0.25, 0.3) is 5.91 Å². The Morgan fingerprint density at radius 2 is 1.64 bits per heavy atom. The van der Waals surface area contributed by atoms with Crippen LogP contribution in [0.3, 0.4) is 0 Å². The summed E-state index contributed by atoms with van der Waals surface area (Å²) >= 11 is 1.68. The van der Waals surface area contributed by atoms with Crippen molar-refractivity contribution in [2.45, 2.75) is 65.9 Å². The van der Waals surface area contributed by atoms with E-state index in [1.165, 1.54) is 35.3 Å². The first-order valence-electron chi connectivity index (χ1n) is 13.8. The van der Waals surface area contributed by atoms with Crippen molar-refractivity contribution in [1.29, 1.82) is 0 Å². The Morgan fingerprint density at radius 3 is 2.38 bits per heavy atom. The number of rotatable bonds is 7. The number of carbonyl (C=O) groups is 1. The first-order valence-corrected chi connectivity index (χ1v) is 14.6. The molecule has 4 nitrogen and oxygen atoms in total. The lowest BCUT2D eigenvalue weighted by atomic mass is 9.96. The van der Waals surface area contributed by atoms with Gasteiger partial charge >= 0.3 is 0 Å². The normalized spacial score (nSPS) is 13.5. The van der Waals surface area contributed by atoms with E-state index in [9.17, 15) is 4.79 Å². The number of hydrogen-bond donors (Lipinski definition) is 1. The van der Waals surface area contributed by atoms with Gasteiger partial charge in [0.15, 0.2) is 0 Å². The fraction of sp³-hybridized carbons (Fsp3) is 0.294. The molecule has 0 saturated heterocycles. The van der Waals surface area contributed by atoms with Crippen LogP contribution in [-0.4, -0.2) is 12.1 Å². The zero-order valence-electron chi connectivity index (χ0n) is 23.0. The third kappa shape index (κ3) is 7.04. The largest absolute Gasteiger partial charge is 0.489 e. The predicted octanol–water partition coefficient (Wildman–Crippen LogP) is 8.91. The molecule has 0 saturated carbocycles. The first kappa shape index (κ1) is 26.9. The molecule has 0 aliphatic heterocycles.